The van der Waals surface area contributed by atoms with E-state index in [0.29, 0.717) is 18.8 Å². The number of hydrogen-bond acceptors (Lipinski definition) is 6. The number of halogens is 1. The first-order valence-electron chi connectivity index (χ1n) is 13.2. The fourth-order valence-electron chi connectivity index (χ4n) is 4.02. The molecule has 0 saturated heterocycles. The maximum absolute atomic E-state index is 13.2. The summed E-state index contributed by atoms with van der Waals surface area (Å²) in [6.45, 7) is 0.869. The van der Waals surface area contributed by atoms with Gasteiger partial charge in [-0.25, -0.2) is 4.39 Å². The SMILES string of the molecule is O[C@@H]([C@H](O)[C@@H](COCCCc1ccccc1)OCc1ccc(F)cc1)[C@H](O)COCCCc1ccccc1. The highest BCUT2D eigenvalue weighted by Crippen LogP contribution is 2.14. The lowest BCUT2D eigenvalue weighted by Crippen LogP contribution is -2.48. The molecule has 0 bridgehead atoms. The van der Waals surface area contributed by atoms with Gasteiger partial charge in [-0.1, -0.05) is 72.8 Å². The zero-order valence-corrected chi connectivity index (χ0v) is 21.7. The second-order valence-electron chi connectivity index (χ2n) is 9.35. The van der Waals surface area contributed by atoms with E-state index in [1.165, 1.54) is 23.3 Å². The molecule has 3 aromatic carbocycles. The average molecular weight is 527 g/mol. The molecule has 0 aromatic heterocycles. The van der Waals surface area contributed by atoms with E-state index in [1.54, 1.807) is 12.1 Å². The van der Waals surface area contributed by atoms with Gasteiger partial charge in [0.2, 0.25) is 0 Å². The van der Waals surface area contributed by atoms with Crippen LogP contribution in [-0.4, -0.2) is 66.2 Å². The van der Waals surface area contributed by atoms with Crippen LogP contribution in [0.1, 0.15) is 29.5 Å². The van der Waals surface area contributed by atoms with Crippen molar-refractivity contribution in [1.82, 2.24) is 0 Å². The van der Waals surface area contributed by atoms with Gasteiger partial charge in [0.25, 0.3) is 0 Å². The first kappa shape index (κ1) is 29.9. The normalized spacial score (nSPS) is 14.6. The monoisotopic (exact) mass is 526 g/mol. The van der Waals surface area contributed by atoms with Crippen LogP contribution in [0.2, 0.25) is 0 Å². The van der Waals surface area contributed by atoms with Crippen molar-refractivity contribution in [3.8, 4) is 0 Å². The minimum Gasteiger partial charge on any atom is -0.388 e. The van der Waals surface area contributed by atoms with E-state index in [4.69, 9.17) is 14.2 Å². The fraction of sp³-hybridized carbons (Fsp3) is 0.419. The Labute approximate surface area is 224 Å². The number of benzene rings is 3. The van der Waals surface area contributed by atoms with Gasteiger partial charge in [0, 0.05) is 13.2 Å². The summed E-state index contributed by atoms with van der Waals surface area (Å²) in [5.74, 6) is -0.352. The number of rotatable bonds is 18. The van der Waals surface area contributed by atoms with E-state index in [0.717, 1.165) is 25.7 Å². The minimum absolute atomic E-state index is 0.0267. The van der Waals surface area contributed by atoms with E-state index in [9.17, 15) is 19.7 Å². The molecule has 3 aromatic rings. The van der Waals surface area contributed by atoms with Crippen LogP contribution in [0.3, 0.4) is 0 Å². The first-order chi connectivity index (χ1) is 18.5. The third kappa shape index (κ3) is 11.0. The molecule has 4 atom stereocenters. The molecule has 38 heavy (non-hydrogen) atoms. The van der Waals surface area contributed by atoms with Crippen molar-refractivity contribution >= 4 is 0 Å². The number of aliphatic hydroxyl groups is 3. The lowest BCUT2D eigenvalue weighted by atomic mass is 10.0. The smallest absolute Gasteiger partial charge is 0.123 e. The molecule has 0 saturated carbocycles. The summed E-state index contributed by atoms with van der Waals surface area (Å²) in [4.78, 5) is 0. The molecule has 206 valence electrons. The van der Waals surface area contributed by atoms with Crippen LogP contribution in [0.25, 0.3) is 0 Å². The number of ether oxygens (including phenoxy) is 3. The predicted octanol–water partition coefficient (Wildman–Crippen LogP) is 4.09. The average Bonchev–Trinajstić information content (AvgIpc) is 2.95. The fourth-order valence-corrected chi connectivity index (χ4v) is 4.02. The van der Waals surface area contributed by atoms with Gasteiger partial charge in [0.15, 0.2) is 0 Å². The summed E-state index contributed by atoms with van der Waals surface area (Å²) >= 11 is 0. The van der Waals surface area contributed by atoms with Crippen molar-refractivity contribution in [3.05, 3.63) is 107 Å². The van der Waals surface area contributed by atoms with Crippen molar-refractivity contribution in [2.24, 2.45) is 0 Å². The molecule has 0 aliphatic rings. The largest absolute Gasteiger partial charge is 0.388 e. The number of hydrogen-bond donors (Lipinski definition) is 3. The van der Waals surface area contributed by atoms with Crippen molar-refractivity contribution in [2.75, 3.05) is 26.4 Å². The molecule has 6 nitrogen and oxygen atoms in total. The zero-order chi connectivity index (χ0) is 27.0. The van der Waals surface area contributed by atoms with E-state index < -0.39 is 24.4 Å². The number of aliphatic hydroxyl groups excluding tert-OH is 3. The molecule has 0 heterocycles. The summed E-state index contributed by atoms with van der Waals surface area (Å²) in [6.07, 6.45) is -1.84. The van der Waals surface area contributed by atoms with Gasteiger partial charge < -0.3 is 29.5 Å². The third-order valence-corrected chi connectivity index (χ3v) is 6.27. The Balaban J connectivity index is 1.44. The lowest BCUT2D eigenvalue weighted by Gasteiger charge is -2.29. The molecule has 3 rings (SSSR count). The molecule has 3 N–H and O–H groups in total. The van der Waals surface area contributed by atoms with Crippen LogP contribution in [0, 0.1) is 5.82 Å². The second-order valence-corrected chi connectivity index (χ2v) is 9.35. The Morgan fingerprint density at radius 1 is 0.605 bits per heavy atom. The quantitative estimate of drug-likeness (QED) is 0.217. The van der Waals surface area contributed by atoms with Crippen molar-refractivity contribution in [2.45, 2.75) is 56.7 Å². The summed E-state index contributed by atoms with van der Waals surface area (Å²) in [7, 11) is 0. The lowest BCUT2D eigenvalue weighted by molar-refractivity contribution is -0.153. The number of aryl methyl sites for hydroxylation is 2. The van der Waals surface area contributed by atoms with Crippen LogP contribution in [0.15, 0.2) is 84.9 Å². The highest BCUT2D eigenvalue weighted by molar-refractivity contribution is 5.16. The maximum Gasteiger partial charge on any atom is 0.123 e. The topological polar surface area (TPSA) is 88.4 Å². The van der Waals surface area contributed by atoms with Gasteiger partial charge in [0.1, 0.15) is 30.2 Å². The van der Waals surface area contributed by atoms with Gasteiger partial charge in [0.05, 0.1) is 19.8 Å². The molecule has 0 amide bonds. The standard InChI is InChI=1S/C31H39FO6/c32-27-17-15-26(16-18-27)21-38-29(23-37-20-8-14-25-11-5-2-6-12-25)31(35)30(34)28(33)22-36-19-7-13-24-9-3-1-4-10-24/h1-6,9-12,15-18,28-31,33-35H,7-8,13-14,19-23H2/t28-,29-,30-,31-/m1/s1. The minimum atomic E-state index is -1.49. The highest BCUT2D eigenvalue weighted by Gasteiger charge is 2.32. The summed E-state index contributed by atoms with van der Waals surface area (Å²) in [5.41, 5.74) is 3.13. The van der Waals surface area contributed by atoms with Crippen LogP contribution in [0.5, 0.6) is 0 Å². The Bertz CT molecular complexity index is 1000. The van der Waals surface area contributed by atoms with Gasteiger partial charge in [-0.15, -0.1) is 0 Å². The van der Waals surface area contributed by atoms with Crippen LogP contribution in [-0.2, 0) is 33.7 Å². The van der Waals surface area contributed by atoms with Gasteiger partial charge in [-0.2, -0.15) is 0 Å². The Hall–Kier alpha value is -2.65. The Morgan fingerprint density at radius 2 is 1.13 bits per heavy atom. The summed E-state index contributed by atoms with van der Waals surface area (Å²) < 4.78 is 30.4. The van der Waals surface area contributed by atoms with E-state index in [2.05, 4.69) is 12.1 Å². The van der Waals surface area contributed by atoms with Crippen LogP contribution >= 0.6 is 0 Å². The summed E-state index contributed by atoms with van der Waals surface area (Å²) in [6, 6.07) is 25.9. The van der Waals surface area contributed by atoms with Crippen molar-refractivity contribution in [1.29, 1.82) is 0 Å². The highest BCUT2D eigenvalue weighted by atomic mass is 19.1. The summed E-state index contributed by atoms with van der Waals surface area (Å²) in [5, 5.41) is 31.9. The van der Waals surface area contributed by atoms with Crippen LogP contribution in [0.4, 0.5) is 4.39 Å². The molecular formula is C31H39FO6. The molecule has 0 spiro atoms. The van der Waals surface area contributed by atoms with Gasteiger partial charge in [-0.3, -0.25) is 0 Å². The molecule has 0 radical (unpaired) electrons. The molecule has 0 aliphatic carbocycles. The second kappa shape index (κ2) is 17.0. The van der Waals surface area contributed by atoms with Crippen molar-refractivity contribution < 1.29 is 33.9 Å². The van der Waals surface area contributed by atoms with E-state index in [1.807, 2.05) is 48.5 Å². The Morgan fingerprint density at radius 3 is 1.68 bits per heavy atom. The van der Waals surface area contributed by atoms with Gasteiger partial charge >= 0.3 is 0 Å². The first-order valence-corrected chi connectivity index (χ1v) is 13.2. The molecule has 0 aliphatic heterocycles. The molecule has 0 unspecified atom stereocenters. The van der Waals surface area contributed by atoms with E-state index in [-0.39, 0.29) is 25.6 Å². The molecular weight excluding hydrogens is 487 g/mol. The zero-order valence-electron chi connectivity index (χ0n) is 21.7. The molecule has 7 heteroatoms. The predicted molar refractivity (Wildman–Crippen MR) is 144 cm³/mol. The third-order valence-electron chi connectivity index (χ3n) is 6.27. The van der Waals surface area contributed by atoms with Gasteiger partial charge in [-0.05, 0) is 54.5 Å². The maximum atomic E-state index is 13.2. The Kier molecular flexibility index (Phi) is 13.4. The van der Waals surface area contributed by atoms with Crippen molar-refractivity contribution in [3.63, 3.8) is 0 Å². The molecule has 0 fully saturated rings. The van der Waals surface area contributed by atoms with E-state index >= 15 is 0 Å². The van der Waals surface area contributed by atoms with Crippen LogP contribution < -0.4 is 0 Å².